The van der Waals surface area contributed by atoms with Crippen molar-refractivity contribution in [2.75, 3.05) is 18.6 Å². The Bertz CT molecular complexity index is 813. The van der Waals surface area contributed by atoms with Crippen molar-refractivity contribution in [3.63, 3.8) is 0 Å². The van der Waals surface area contributed by atoms with Gasteiger partial charge in [-0.1, -0.05) is 38.0 Å². The third-order valence-corrected chi connectivity index (χ3v) is 4.79. The molecular formula is C23H33IN4O3. The highest BCUT2D eigenvalue weighted by molar-refractivity contribution is 14.0. The Kier molecular flexibility index (Phi) is 13.5. The van der Waals surface area contributed by atoms with Crippen molar-refractivity contribution < 1.29 is 19.6 Å². The predicted molar refractivity (Wildman–Crippen MR) is 131 cm³/mol. The van der Waals surface area contributed by atoms with Gasteiger partial charge in [-0.05, 0) is 36.5 Å². The van der Waals surface area contributed by atoms with Gasteiger partial charge in [-0.3, -0.25) is 20.6 Å². The van der Waals surface area contributed by atoms with Crippen LogP contribution in [0.4, 0.5) is 5.69 Å². The summed E-state index contributed by atoms with van der Waals surface area (Å²) in [7, 11) is 0. The van der Waals surface area contributed by atoms with Gasteiger partial charge < -0.3 is 10.2 Å². The van der Waals surface area contributed by atoms with Crippen LogP contribution >= 0.6 is 24.0 Å². The van der Waals surface area contributed by atoms with Gasteiger partial charge in [0.25, 0.3) is 5.91 Å². The molecule has 170 valence electrons. The van der Waals surface area contributed by atoms with Gasteiger partial charge in [-0.15, -0.1) is 24.0 Å². The molecule has 0 saturated heterocycles. The van der Waals surface area contributed by atoms with E-state index < -0.39 is 11.8 Å². The molecule has 0 unspecified atom stereocenters. The van der Waals surface area contributed by atoms with E-state index in [1.54, 1.807) is 0 Å². The Labute approximate surface area is 201 Å². The molecule has 0 saturated carbocycles. The lowest BCUT2D eigenvalue weighted by molar-refractivity contribution is -0.697. The van der Waals surface area contributed by atoms with Gasteiger partial charge in [0.1, 0.15) is 6.54 Å². The molecule has 7 nitrogen and oxygen atoms in total. The lowest BCUT2D eigenvalue weighted by Gasteiger charge is -2.15. The standard InChI is InChI=1S/C23H32N4O3.HI/c1-2-3-4-7-15-27-16-12-19(13-17-27)10-11-20-8-5-6-9-21(20)25-26-23(30)22(29)24-14-18-28;/h5-6,8-9,12-13,16-17,28H,2-4,7,10-11,14-15,18H2,1H3,(H2-,24,25,26,29,30);1H. The molecule has 0 bridgehead atoms. The zero-order valence-corrected chi connectivity index (χ0v) is 20.4. The number of hydrazine groups is 1. The summed E-state index contributed by atoms with van der Waals surface area (Å²) in [5, 5.41) is 20.2. The molecule has 0 fully saturated rings. The average Bonchev–Trinajstić information content (AvgIpc) is 2.78. The van der Waals surface area contributed by atoms with Gasteiger partial charge in [0.2, 0.25) is 0 Å². The summed E-state index contributed by atoms with van der Waals surface area (Å²) < 4.78 is 2.23. The lowest BCUT2D eigenvalue weighted by atomic mass is 10.0. The normalized spacial score (nSPS) is 11.0. The fourth-order valence-electron chi connectivity index (χ4n) is 3.07. The first kappa shape index (κ1) is 26.8. The van der Waals surface area contributed by atoms with E-state index >= 15 is 0 Å². The van der Waals surface area contributed by atoms with Gasteiger partial charge in [0.05, 0.1) is 24.7 Å². The Morgan fingerprint density at radius 3 is 2.55 bits per heavy atom. The van der Waals surface area contributed by atoms with E-state index in [9.17, 15) is 9.90 Å². The number of aromatic nitrogens is 1. The number of anilines is 1. The molecule has 0 radical (unpaired) electrons. The highest BCUT2D eigenvalue weighted by Crippen LogP contribution is 2.16. The largest absolute Gasteiger partial charge is 0.855 e. The van der Waals surface area contributed by atoms with Crippen molar-refractivity contribution in [3.05, 3.63) is 59.9 Å². The molecule has 8 heteroatoms. The van der Waals surface area contributed by atoms with Gasteiger partial charge in [-0.2, -0.15) is 0 Å². The number of aliphatic hydroxyl groups excluding tert-OH is 1. The molecule has 2 rings (SSSR count). The number of aliphatic hydroxyl groups is 1. The number of hydrogen-bond donors (Lipinski definition) is 3. The van der Waals surface area contributed by atoms with Gasteiger partial charge in [0.15, 0.2) is 12.4 Å². The quantitative estimate of drug-likeness (QED) is 0.0960. The van der Waals surface area contributed by atoms with Crippen molar-refractivity contribution in [2.45, 2.75) is 52.0 Å². The van der Waals surface area contributed by atoms with Gasteiger partial charge in [0, 0.05) is 18.6 Å². The molecule has 0 aliphatic rings. The van der Waals surface area contributed by atoms with E-state index in [1.165, 1.54) is 31.2 Å². The summed E-state index contributed by atoms with van der Waals surface area (Å²) in [5.41, 5.74) is 8.19. The third-order valence-electron chi connectivity index (χ3n) is 4.79. The number of rotatable bonds is 12. The number of nitrogens with zero attached hydrogens (tertiary/aromatic N) is 2. The first-order valence-electron chi connectivity index (χ1n) is 10.6. The van der Waals surface area contributed by atoms with Crippen LogP contribution < -0.4 is 20.5 Å². The van der Waals surface area contributed by atoms with Gasteiger partial charge >= 0.3 is 0 Å². The van der Waals surface area contributed by atoms with Crippen molar-refractivity contribution in [2.24, 2.45) is 4.99 Å². The second kappa shape index (κ2) is 15.6. The van der Waals surface area contributed by atoms with E-state index in [1.807, 2.05) is 24.3 Å². The number of para-hydroxylation sites is 1. The summed E-state index contributed by atoms with van der Waals surface area (Å²) >= 11 is 0. The van der Waals surface area contributed by atoms with E-state index in [-0.39, 0.29) is 37.1 Å². The number of aryl methyl sites for hydroxylation is 3. The maximum absolute atomic E-state index is 11.8. The topological polar surface area (TPSA) is 101 Å². The number of nitrogens with one attached hydrogen (secondary N) is 2. The molecule has 1 aromatic heterocycles. The van der Waals surface area contributed by atoms with Crippen LogP contribution in [0, 0.1) is 0 Å². The third kappa shape index (κ3) is 10.1. The molecule has 1 heterocycles. The highest BCUT2D eigenvalue weighted by Gasteiger charge is 2.06. The van der Waals surface area contributed by atoms with Crippen LogP contribution in [0.2, 0.25) is 0 Å². The molecule has 1 aromatic carbocycles. The first-order valence-corrected chi connectivity index (χ1v) is 10.6. The average molecular weight is 540 g/mol. The predicted octanol–water partition coefficient (Wildman–Crippen LogP) is 2.15. The van der Waals surface area contributed by atoms with E-state index in [0.29, 0.717) is 0 Å². The molecule has 0 aliphatic carbocycles. The van der Waals surface area contributed by atoms with Crippen LogP contribution in [-0.4, -0.2) is 30.1 Å². The van der Waals surface area contributed by atoms with E-state index in [0.717, 1.165) is 30.6 Å². The Hall–Kier alpha value is -2.20. The summed E-state index contributed by atoms with van der Waals surface area (Å²) in [6.07, 6.45) is 10.9. The number of unbranched alkanes of at least 4 members (excludes halogenated alkanes) is 3. The molecule has 2 aromatic rings. The first-order chi connectivity index (χ1) is 14.6. The zero-order chi connectivity index (χ0) is 21.6. The van der Waals surface area contributed by atoms with Crippen LogP contribution in [0.3, 0.4) is 0 Å². The number of hydrogen-bond acceptors (Lipinski definition) is 5. The summed E-state index contributed by atoms with van der Waals surface area (Å²) in [6, 6.07) is 11.9. The van der Waals surface area contributed by atoms with Crippen LogP contribution in [0.15, 0.2) is 53.8 Å². The van der Waals surface area contributed by atoms with Crippen molar-refractivity contribution in [1.29, 1.82) is 0 Å². The van der Waals surface area contributed by atoms with Crippen molar-refractivity contribution in [3.8, 4) is 0 Å². The minimum atomic E-state index is -0.915. The Balaban J connectivity index is 0.00000480. The molecule has 0 spiro atoms. The number of pyridine rings is 1. The van der Waals surface area contributed by atoms with Gasteiger partial charge in [-0.25, -0.2) is 4.57 Å². The zero-order valence-electron chi connectivity index (χ0n) is 18.0. The number of benzene rings is 1. The number of amides is 1. The minimum Gasteiger partial charge on any atom is -0.855 e. The molecule has 1 amide bonds. The molecular weight excluding hydrogens is 507 g/mol. The summed E-state index contributed by atoms with van der Waals surface area (Å²) in [5.74, 6) is -1.77. The summed E-state index contributed by atoms with van der Waals surface area (Å²) in [6.45, 7) is 2.92. The molecule has 3 N–H and O–H groups in total. The monoisotopic (exact) mass is 540 g/mol. The number of carbonyl (C=O) groups excluding carboxylic acids is 1. The SMILES string of the molecule is CCCCCC[n+]1ccc(CCc2ccccc2NNC(=O)C([O-])=NCCO)cc1.I. The fourth-order valence-corrected chi connectivity index (χ4v) is 3.07. The Morgan fingerprint density at radius 1 is 1.10 bits per heavy atom. The van der Waals surface area contributed by atoms with E-state index in [2.05, 4.69) is 51.9 Å². The van der Waals surface area contributed by atoms with Crippen LogP contribution in [-0.2, 0) is 24.2 Å². The number of carbonyl (C=O) groups is 1. The van der Waals surface area contributed by atoms with Crippen LogP contribution in [0.5, 0.6) is 0 Å². The highest BCUT2D eigenvalue weighted by atomic mass is 127. The molecule has 0 aliphatic heterocycles. The maximum Gasteiger partial charge on any atom is 0.272 e. The minimum absolute atomic E-state index is 0. The maximum atomic E-state index is 11.8. The fraction of sp³-hybridized carbons (Fsp3) is 0.435. The number of halogens is 1. The van der Waals surface area contributed by atoms with Crippen LogP contribution in [0.1, 0.15) is 43.7 Å². The van der Waals surface area contributed by atoms with Crippen molar-refractivity contribution >= 4 is 41.5 Å². The molecule has 31 heavy (non-hydrogen) atoms. The van der Waals surface area contributed by atoms with E-state index in [4.69, 9.17) is 5.11 Å². The second-order valence-corrected chi connectivity index (χ2v) is 7.15. The summed E-state index contributed by atoms with van der Waals surface area (Å²) in [4.78, 5) is 15.2. The molecule has 0 atom stereocenters. The van der Waals surface area contributed by atoms with Crippen LogP contribution in [0.25, 0.3) is 0 Å². The second-order valence-electron chi connectivity index (χ2n) is 7.15. The Morgan fingerprint density at radius 2 is 1.84 bits per heavy atom. The number of aliphatic imine (C=N–C) groups is 1. The lowest BCUT2D eigenvalue weighted by Crippen LogP contribution is -2.42. The smallest absolute Gasteiger partial charge is 0.272 e. The van der Waals surface area contributed by atoms with Crippen molar-refractivity contribution in [1.82, 2.24) is 5.43 Å².